The van der Waals surface area contributed by atoms with Crippen molar-refractivity contribution >= 4 is 27.6 Å². The average molecular weight is 441 g/mol. The van der Waals surface area contributed by atoms with Gasteiger partial charge < -0.3 is 10.1 Å². The fraction of sp³-hybridized carbons (Fsp3) is 0.227. The van der Waals surface area contributed by atoms with Gasteiger partial charge >= 0.3 is 0 Å². The number of nitrogens with zero attached hydrogens (tertiary/aromatic N) is 2. The maximum atomic E-state index is 12.5. The number of aryl methyl sites for hydroxylation is 1. The van der Waals surface area contributed by atoms with E-state index in [-0.39, 0.29) is 16.8 Å². The molecule has 162 valence electrons. The number of hydrogen-bond acceptors (Lipinski definition) is 6. The molecule has 2 N–H and O–H groups in total. The molecule has 0 spiro atoms. The van der Waals surface area contributed by atoms with E-state index < -0.39 is 10.0 Å². The number of anilines is 2. The molecular formula is C22H24N4O4S. The first-order chi connectivity index (χ1) is 14.9. The first kappa shape index (κ1) is 22.2. The molecule has 1 aromatic heterocycles. The minimum atomic E-state index is -3.84. The van der Waals surface area contributed by atoms with Crippen LogP contribution >= 0.6 is 0 Å². The molecular weight excluding hydrogens is 416 g/mol. The number of rotatable bonds is 9. The second-order valence-corrected chi connectivity index (χ2v) is 8.51. The number of amides is 1. The molecule has 1 amide bonds. The number of ether oxygens (including phenoxy) is 1. The molecule has 0 aliphatic rings. The molecule has 0 aliphatic carbocycles. The maximum absolute atomic E-state index is 12.5. The highest BCUT2D eigenvalue weighted by Gasteiger charge is 2.16. The van der Waals surface area contributed by atoms with Crippen LogP contribution in [0.1, 0.15) is 35.8 Å². The van der Waals surface area contributed by atoms with Crippen molar-refractivity contribution < 1.29 is 17.9 Å². The molecule has 31 heavy (non-hydrogen) atoms. The number of carbonyl (C=O) groups is 1. The van der Waals surface area contributed by atoms with Crippen molar-refractivity contribution in [1.29, 1.82) is 0 Å². The third-order valence-electron chi connectivity index (χ3n) is 4.33. The van der Waals surface area contributed by atoms with Gasteiger partial charge in [0.15, 0.2) is 0 Å². The van der Waals surface area contributed by atoms with Crippen molar-refractivity contribution in [2.45, 2.75) is 31.6 Å². The van der Waals surface area contributed by atoms with Crippen LogP contribution in [-0.2, 0) is 10.0 Å². The molecule has 0 radical (unpaired) electrons. The summed E-state index contributed by atoms with van der Waals surface area (Å²) in [5.74, 6) is 0.408. The number of sulfonamides is 1. The topological polar surface area (TPSA) is 110 Å². The third-order valence-corrected chi connectivity index (χ3v) is 5.67. The van der Waals surface area contributed by atoms with Crippen LogP contribution in [0.2, 0.25) is 0 Å². The molecule has 0 atom stereocenters. The Morgan fingerprint density at radius 3 is 2.39 bits per heavy atom. The number of unbranched alkanes of at least 4 members (excludes halogenated alkanes) is 1. The Balaban J connectivity index is 1.62. The van der Waals surface area contributed by atoms with Crippen molar-refractivity contribution in [2.75, 3.05) is 16.6 Å². The SMILES string of the molecule is CCCCOc1ccc(C(=O)Nc2ccc(S(=O)(=O)Nc3nccc(C)n3)cc2)cc1. The molecule has 3 aromatic rings. The molecule has 0 bridgehead atoms. The van der Waals surface area contributed by atoms with Crippen molar-refractivity contribution in [3.05, 3.63) is 72.1 Å². The quantitative estimate of drug-likeness (QED) is 0.486. The van der Waals surface area contributed by atoms with E-state index in [1.54, 1.807) is 37.3 Å². The van der Waals surface area contributed by atoms with Crippen LogP contribution in [0.5, 0.6) is 5.75 Å². The Kier molecular flexibility index (Phi) is 7.19. The van der Waals surface area contributed by atoms with Crippen LogP contribution in [0.25, 0.3) is 0 Å². The van der Waals surface area contributed by atoms with Crippen LogP contribution in [0.15, 0.2) is 65.7 Å². The minimum absolute atomic E-state index is 0.000463. The molecule has 0 unspecified atom stereocenters. The first-order valence-electron chi connectivity index (χ1n) is 9.84. The number of benzene rings is 2. The third kappa shape index (κ3) is 6.26. The Hall–Kier alpha value is -3.46. The Morgan fingerprint density at radius 2 is 1.74 bits per heavy atom. The summed E-state index contributed by atoms with van der Waals surface area (Å²) in [6, 6.07) is 14.4. The summed E-state index contributed by atoms with van der Waals surface area (Å²) in [6.45, 7) is 4.47. The second-order valence-electron chi connectivity index (χ2n) is 6.83. The number of carbonyl (C=O) groups excluding carboxylic acids is 1. The van der Waals surface area contributed by atoms with Crippen molar-refractivity contribution in [1.82, 2.24) is 9.97 Å². The standard InChI is InChI=1S/C22H24N4O4S/c1-3-4-15-30-19-9-5-17(6-10-19)21(27)25-18-7-11-20(12-8-18)31(28,29)26-22-23-14-13-16(2)24-22/h5-14H,3-4,15H2,1-2H3,(H,25,27)(H,23,24,26). The smallest absolute Gasteiger partial charge is 0.264 e. The summed E-state index contributed by atoms with van der Waals surface area (Å²) in [7, 11) is -3.84. The summed E-state index contributed by atoms with van der Waals surface area (Å²) < 4.78 is 32.9. The predicted octanol–water partition coefficient (Wildman–Crippen LogP) is 4.02. The highest BCUT2D eigenvalue weighted by atomic mass is 32.2. The fourth-order valence-electron chi connectivity index (χ4n) is 2.63. The largest absolute Gasteiger partial charge is 0.494 e. The van der Waals surface area contributed by atoms with E-state index in [2.05, 4.69) is 26.9 Å². The zero-order valence-corrected chi connectivity index (χ0v) is 18.1. The van der Waals surface area contributed by atoms with Gasteiger partial charge in [-0.05, 0) is 67.9 Å². The van der Waals surface area contributed by atoms with Crippen LogP contribution in [0.3, 0.4) is 0 Å². The van der Waals surface area contributed by atoms with Crippen LogP contribution in [0.4, 0.5) is 11.6 Å². The summed E-state index contributed by atoms with van der Waals surface area (Å²) in [5.41, 5.74) is 1.59. The van der Waals surface area contributed by atoms with E-state index in [0.29, 0.717) is 29.3 Å². The number of hydrogen-bond donors (Lipinski definition) is 2. The zero-order valence-electron chi connectivity index (χ0n) is 17.3. The second kappa shape index (κ2) is 10.0. The van der Waals surface area contributed by atoms with Gasteiger partial charge in [-0.25, -0.2) is 23.1 Å². The Labute approximate surface area is 181 Å². The van der Waals surface area contributed by atoms with Crippen LogP contribution in [0, 0.1) is 6.92 Å². The van der Waals surface area contributed by atoms with Gasteiger partial charge in [-0.2, -0.15) is 0 Å². The Morgan fingerprint density at radius 1 is 1.03 bits per heavy atom. The molecule has 3 rings (SSSR count). The summed E-state index contributed by atoms with van der Waals surface area (Å²) in [5, 5.41) is 2.75. The summed E-state index contributed by atoms with van der Waals surface area (Å²) in [6.07, 6.45) is 3.50. The number of aromatic nitrogens is 2. The highest BCUT2D eigenvalue weighted by Crippen LogP contribution is 2.18. The lowest BCUT2D eigenvalue weighted by Crippen LogP contribution is -2.16. The normalized spacial score (nSPS) is 11.0. The lowest BCUT2D eigenvalue weighted by molar-refractivity contribution is 0.102. The predicted molar refractivity (Wildman–Crippen MR) is 119 cm³/mol. The molecule has 0 saturated heterocycles. The van der Waals surface area contributed by atoms with E-state index in [4.69, 9.17) is 4.74 Å². The molecule has 0 fully saturated rings. The minimum Gasteiger partial charge on any atom is -0.494 e. The van der Waals surface area contributed by atoms with Crippen molar-refractivity contribution in [3.8, 4) is 5.75 Å². The van der Waals surface area contributed by atoms with Gasteiger partial charge in [0.2, 0.25) is 5.95 Å². The lowest BCUT2D eigenvalue weighted by Gasteiger charge is -2.09. The molecule has 8 nitrogen and oxygen atoms in total. The van der Waals surface area contributed by atoms with E-state index in [1.807, 2.05) is 0 Å². The van der Waals surface area contributed by atoms with Crippen molar-refractivity contribution in [2.24, 2.45) is 0 Å². The van der Waals surface area contributed by atoms with Gasteiger partial charge in [0.25, 0.3) is 15.9 Å². The van der Waals surface area contributed by atoms with Gasteiger partial charge in [0.1, 0.15) is 5.75 Å². The van der Waals surface area contributed by atoms with Gasteiger partial charge in [-0.15, -0.1) is 0 Å². The van der Waals surface area contributed by atoms with Crippen molar-refractivity contribution in [3.63, 3.8) is 0 Å². The van der Waals surface area contributed by atoms with E-state index in [0.717, 1.165) is 12.8 Å². The number of nitrogens with one attached hydrogen (secondary N) is 2. The lowest BCUT2D eigenvalue weighted by atomic mass is 10.2. The summed E-state index contributed by atoms with van der Waals surface area (Å²) in [4.78, 5) is 20.4. The Bertz CT molecular complexity index is 1130. The van der Waals surface area contributed by atoms with E-state index >= 15 is 0 Å². The summed E-state index contributed by atoms with van der Waals surface area (Å²) >= 11 is 0. The zero-order chi connectivity index (χ0) is 22.3. The maximum Gasteiger partial charge on any atom is 0.264 e. The molecule has 2 aromatic carbocycles. The first-order valence-corrected chi connectivity index (χ1v) is 11.3. The molecule has 0 aliphatic heterocycles. The monoisotopic (exact) mass is 440 g/mol. The highest BCUT2D eigenvalue weighted by molar-refractivity contribution is 7.92. The van der Waals surface area contributed by atoms with E-state index in [1.165, 1.54) is 30.5 Å². The molecule has 9 heteroatoms. The van der Waals surface area contributed by atoms with Crippen LogP contribution < -0.4 is 14.8 Å². The van der Waals surface area contributed by atoms with Gasteiger partial charge in [0, 0.05) is 23.1 Å². The van der Waals surface area contributed by atoms with E-state index in [9.17, 15) is 13.2 Å². The van der Waals surface area contributed by atoms with Gasteiger partial charge in [-0.1, -0.05) is 13.3 Å². The molecule has 1 heterocycles. The molecule has 0 saturated carbocycles. The van der Waals surface area contributed by atoms with Gasteiger partial charge in [0.05, 0.1) is 11.5 Å². The fourth-order valence-corrected chi connectivity index (χ4v) is 3.59. The average Bonchev–Trinajstić information content (AvgIpc) is 2.74. The van der Waals surface area contributed by atoms with Crippen LogP contribution in [-0.4, -0.2) is 30.9 Å². The van der Waals surface area contributed by atoms with Gasteiger partial charge in [-0.3, -0.25) is 4.79 Å².